The highest BCUT2D eigenvalue weighted by atomic mass is 32.2. The quantitative estimate of drug-likeness (QED) is 0.641. The van der Waals surface area contributed by atoms with Crippen LogP contribution in [-0.4, -0.2) is 25.4 Å². The van der Waals surface area contributed by atoms with Crippen molar-refractivity contribution in [3.63, 3.8) is 0 Å². The Balaban J connectivity index is 2.33. The van der Waals surface area contributed by atoms with Gasteiger partial charge in [-0.05, 0) is 25.0 Å². The zero-order chi connectivity index (χ0) is 15.6. The molecule has 1 aromatic rings. The largest absolute Gasteiger partial charge is 0.326 e. The number of nitrogens with two attached hydrogens (primary N) is 1. The van der Waals surface area contributed by atoms with Crippen LogP contribution in [0.4, 0.5) is 10.1 Å². The van der Waals surface area contributed by atoms with Crippen molar-refractivity contribution in [3.05, 3.63) is 34.1 Å². The number of nitrogens with zero attached hydrogens (tertiary/aromatic N) is 1. The average Bonchev–Trinajstić information content (AvgIpc) is 2.40. The fourth-order valence-electron chi connectivity index (χ4n) is 2.43. The molecule has 0 amide bonds. The molecule has 0 radical (unpaired) electrons. The molecule has 0 aliphatic heterocycles. The molecule has 21 heavy (non-hydrogen) atoms. The van der Waals surface area contributed by atoms with Crippen LogP contribution in [0.3, 0.4) is 0 Å². The topological polar surface area (TPSA) is 115 Å². The van der Waals surface area contributed by atoms with Crippen molar-refractivity contribution in [2.24, 2.45) is 5.73 Å². The molecular formula is C12H16FN3O4S. The summed E-state index contributed by atoms with van der Waals surface area (Å²) in [7, 11) is -4.12. The number of halogens is 1. The standard InChI is InChI=1S/C12H16FN3O4S/c13-8-5-6-12(11(7-8)16(17)18)21(19,20)15-10-4-2-1-3-9(10)14/h5-7,9-10,15H,1-4,14H2. The highest BCUT2D eigenvalue weighted by molar-refractivity contribution is 7.89. The molecule has 1 fully saturated rings. The molecule has 2 rings (SSSR count). The molecule has 0 bridgehead atoms. The molecule has 2 unspecified atom stereocenters. The minimum Gasteiger partial charge on any atom is -0.326 e. The Bertz CT molecular complexity index is 650. The van der Waals surface area contributed by atoms with E-state index in [9.17, 15) is 22.9 Å². The first-order valence-corrected chi connectivity index (χ1v) is 8.01. The van der Waals surface area contributed by atoms with Crippen molar-refractivity contribution in [3.8, 4) is 0 Å². The van der Waals surface area contributed by atoms with Gasteiger partial charge in [0.15, 0.2) is 4.90 Å². The van der Waals surface area contributed by atoms with Crippen molar-refractivity contribution in [2.45, 2.75) is 42.7 Å². The minimum atomic E-state index is -4.12. The second-order valence-electron chi connectivity index (χ2n) is 5.05. The summed E-state index contributed by atoms with van der Waals surface area (Å²) in [5.41, 5.74) is 5.08. The fourth-order valence-corrected chi connectivity index (χ4v) is 3.90. The highest BCUT2D eigenvalue weighted by Crippen LogP contribution is 2.26. The Morgan fingerprint density at radius 3 is 2.62 bits per heavy atom. The van der Waals surface area contributed by atoms with Gasteiger partial charge < -0.3 is 5.73 Å². The van der Waals surface area contributed by atoms with E-state index >= 15 is 0 Å². The molecule has 1 aliphatic rings. The van der Waals surface area contributed by atoms with Crippen LogP contribution in [0.2, 0.25) is 0 Å². The van der Waals surface area contributed by atoms with Crippen LogP contribution in [0.25, 0.3) is 0 Å². The van der Waals surface area contributed by atoms with E-state index in [0.29, 0.717) is 18.9 Å². The van der Waals surface area contributed by atoms with E-state index in [1.54, 1.807) is 0 Å². The highest BCUT2D eigenvalue weighted by Gasteiger charge is 2.31. The Morgan fingerprint density at radius 1 is 1.33 bits per heavy atom. The third kappa shape index (κ3) is 3.55. The Hall–Kier alpha value is -1.58. The van der Waals surface area contributed by atoms with Crippen molar-refractivity contribution < 1.29 is 17.7 Å². The van der Waals surface area contributed by atoms with E-state index in [0.717, 1.165) is 25.0 Å². The van der Waals surface area contributed by atoms with E-state index < -0.39 is 37.4 Å². The van der Waals surface area contributed by atoms with Crippen molar-refractivity contribution in [1.82, 2.24) is 4.72 Å². The first kappa shape index (κ1) is 15.8. The van der Waals surface area contributed by atoms with Crippen molar-refractivity contribution in [2.75, 3.05) is 0 Å². The molecule has 1 aliphatic carbocycles. The molecule has 0 spiro atoms. The molecule has 0 saturated heterocycles. The van der Waals surface area contributed by atoms with Gasteiger partial charge in [0, 0.05) is 12.1 Å². The normalized spacial score (nSPS) is 23.0. The number of nitrogens with one attached hydrogen (secondary N) is 1. The van der Waals surface area contributed by atoms with Gasteiger partial charge in [-0.15, -0.1) is 0 Å². The molecule has 0 heterocycles. The van der Waals surface area contributed by atoms with Crippen LogP contribution in [0.1, 0.15) is 25.7 Å². The van der Waals surface area contributed by atoms with Crippen LogP contribution < -0.4 is 10.5 Å². The van der Waals surface area contributed by atoms with Crippen molar-refractivity contribution in [1.29, 1.82) is 0 Å². The Kier molecular flexibility index (Phi) is 4.55. The second kappa shape index (κ2) is 6.04. The van der Waals surface area contributed by atoms with E-state index in [-0.39, 0.29) is 6.04 Å². The maximum Gasteiger partial charge on any atom is 0.292 e. The minimum absolute atomic E-state index is 0.326. The van der Waals surface area contributed by atoms with E-state index in [4.69, 9.17) is 5.73 Å². The van der Waals surface area contributed by atoms with Crippen molar-refractivity contribution >= 4 is 15.7 Å². The van der Waals surface area contributed by atoms with Crippen LogP contribution in [-0.2, 0) is 10.0 Å². The summed E-state index contributed by atoms with van der Waals surface area (Å²) in [5.74, 6) is -0.866. The summed E-state index contributed by atoms with van der Waals surface area (Å²) in [4.78, 5) is 9.43. The molecule has 116 valence electrons. The first-order chi connectivity index (χ1) is 9.81. The first-order valence-electron chi connectivity index (χ1n) is 6.53. The summed E-state index contributed by atoms with van der Waals surface area (Å²) in [6, 6.07) is 1.57. The van der Waals surface area contributed by atoms with Crippen LogP contribution in [0.5, 0.6) is 0 Å². The van der Waals surface area contributed by atoms with Gasteiger partial charge >= 0.3 is 0 Å². The summed E-state index contributed by atoms with van der Waals surface area (Å²) >= 11 is 0. The maximum atomic E-state index is 13.1. The zero-order valence-electron chi connectivity index (χ0n) is 11.2. The van der Waals surface area contributed by atoms with Gasteiger partial charge in [-0.2, -0.15) is 0 Å². The molecule has 3 N–H and O–H groups in total. The zero-order valence-corrected chi connectivity index (χ0v) is 12.0. The average molecular weight is 317 g/mol. The van der Waals surface area contributed by atoms with Gasteiger partial charge in [0.05, 0.1) is 11.0 Å². The lowest BCUT2D eigenvalue weighted by molar-refractivity contribution is -0.388. The molecule has 9 heteroatoms. The summed E-state index contributed by atoms with van der Waals surface area (Å²) < 4.78 is 40.1. The fraction of sp³-hybridized carbons (Fsp3) is 0.500. The lowest BCUT2D eigenvalue weighted by Gasteiger charge is -2.28. The predicted octanol–water partition coefficient (Wildman–Crippen LogP) is 1.28. The Labute approximate surface area is 121 Å². The van der Waals surface area contributed by atoms with Gasteiger partial charge in [0.25, 0.3) is 5.69 Å². The van der Waals surface area contributed by atoms with Gasteiger partial charge in [-0.3, -0.25) is 10.1 Å². The number of benzene rings is 1. The number of rotatable bonds is 4. The Morgan fingerprint density at radius 2 is 2.00 bits per heavy atom. The summed E-state index contributed by atoms with van der Waals surface area (Å²) in [6.07, 6.45) is 3.04. The number of nitro groups is 1. The van der Waals surface area contributed by atoms with E-state index in [2.05, 4.69) is 4.72 Å². The summed E-state index contributed by atoms with van der Waals surface area (Å²) in [5, 5.41) is 10.9. The van der Waals surface area contributed by atoms with Gasteiger partial charge in [-0.25, -0.2) is 17.5 Å². The lowest BCUT2D eigenvalue weighted by atomic mass is 9.92. The number of hydrogen-bond donors (Lipinski definition) is 2. The predicted molar refractivity (Wildman–Crippen MR) is 73.6 cm³/mol. The monoisotopic (exact) mass is 317 g/mol. The molecular weight excluding hydrogens is 301 g/mol. The second-order valence-corrected chi connectivity index (χ2v) is 6.73. The van der Waals surface area contributed by atoms with Crippen LogP contribution in [0.15, 0.2) is 23.1 Å². The summed E-state index contributed by atoms with van der Waals surface area (Å²) in [6.45, 7) is 0. The van der Waals surface area contributed by atoms with Crippen LogP contribution in [0, 0.1) is 15.9 Å². The SMILES string of the molecule is NC1CCCCC1NS(=O)(=O)c1ccc(F)cc1[N+](=O)[O-]. The number of hydrogen-bond acceptors (Lipinski definition) is 5. The molecule has 7 nitrogen and oxygen atoms in total. The molecule has 2 atom stereocenters. The molecule has 1 aromatic carbocycles. The third-order valence-corrected chi connectivity index (χ3v) is 5.07. The van der Waals surface area contributed by atoms with E-state index in [1.807, 2.05) is 0 Å². The van der Waals surface area contributed by atoms with Gasteiger partial charge in [0.2, 0.25) is 10.0 Å². The third-order valence-electron chi connectivity index (χ3n) is 3.53. The lowest BCUT2D eigenvalue weighted by Crippen LogP contribution is -2.49. The number of nitro benzene ring substituents is 1. The van der Waals surface area contributed by atoms with Gasteiger partial charge in [0.1, 0.15) is 5.82 Å². The van der Waals surface area contributed by atoms with Gasteiger partial charge in [-0.1, -0.05) is 12.8 Å². The molecule has 0 aromatic heterocycles. The maximum absolute atomic E-state index is 13.1. The van der Waals surface area contributed by atoms with Crippen LogP contribution >= 0.6 is 0 Å². The smallest absolute Gasteiger partial charge is 0.292 e. The number of sulfonamides is 1. The van der Waals surface area contributed by atoms with E-state index in [1.165, 1.54) is 0 Å². The molecule has 1 saturated carbocycles.